The minimum absolute atomic E-state index is 0.398. The highest BCUT2D eigenvalue weighted by Gasteiger charge is 2.21. The van der Waals surface area contributed by atoms with Gasteiger partial charge in [-0.1, -0.05) is 54.6 Å². The first-order valence-electron chi connectivity index (χ1n) is 10.9. The first-order valence-corrected chi connectivity index (χ1v) is 10.9. The van der Waals surface area contributed by atoms with Crippen LogP contribution in [0.2, 0.25) is 0 Å². The van der Waals surface area contributed by atoms with Gasteiger partial charge < -0.3 is 18.7 Å². The molecule has 0 fully saturated rings. The lowest BCUT2D eigenvalue weighted by Gasteiger charge is -2.12. The monoisotopic (exact) mass is 427 g/mol. The van der Waals surface area contributed by atoms with Gasteiger partial charge in [-0.05, 0) is 36.4 Å². The van der Waals surface area contributed by atoms with E-state index in [2.05, 4.69) is 59.2 Å². The van der Waals surface area contributed by atoms with Crippen LogP contribution in [0.4, 0.5) is 0 Å². The molecule has 0 amide bonds. The van der Waals surface area contributed by atoms with Crippen LogP contribution < -0.4 is 4.65 Å². The third kappa shape index (κ3) is 2.51. The quantitative estimate of drug-likeness (QED) is 0.329. The van der Waals surface area contributed by atoms with E-state index in [4.69, 9.17) is 9.07 Å². The van der Waals surface area contributed by atoms with E-state index in [1.807, 2.05) is 42.5 Å². The van der Waals surface area contributed by atoms with Crippen molar-refractivity contribution in [3.8, 4) is 11.4 Å². The van der Waals surface area contributed by atoms with Gasteiger partial charge >= 0.3 is 7.69 Å². The maximum atomic E-state index is 9.65. The Balaban J connectivity index is 1.79. The van der Waals surface area contributed by atoms with E-state index < -0.39 is 7.69 Å². The van der Waals surface area contributed by atoms with Crippen LogP contribution in [0.5, 0.6) is 5.75 Å². The number of aromatic nitrogens is 1. The third-order valence-corrected chi connectivity index (χ3v) is 6.48. The van der Waals surface area contributed by atoms with Crippen LogP contribution in [0, 0.1) is 0 Å². The molecule has 7 rings (SSSR count). The number of nitrogens with zero attached hydrogens (tertiary/aromatic N) is 1. The zero-order valence-electron chi connectivity index (χ0n) is 17.7. The van der Waals surface area contributed by atoms with Gasteiger partial charge in [0.1, 0.15) is 16.9 Å². The Labute approximate surface area is 189 Å². The molecular weight excluding hydrogens is 409 g/mol. The molecule has 4 nitrogen and oxygen atoms in total. The molecule has 0 atom stereocenters. The summed E-state index contributed by atoms with van der Waals surface area (Å²) in [7, 11) is -0.398. The van der Waals surface area contributed by atoms with Crippen LogP contribution in [0.15, 0.2) is 101 Å². The first-order chi connectivity index (χ1) is 16.3. The number of hydrogen-bond acceptors (Lipinski definition) is 3. The van der Waals surface area contributed by atoms with Gasteiger partial charge in [0.2, 0.25) is 0 Å². The van der Waals surface area contributed by atoms with Gasteiger partial charge in [0.05, 0.1) is 11.0 Å². The van der Waals surface area contributed by atoms with Gasteiger partial charge in [-0.15, -0.1) is 0 Å². The first kappa shape index (κ1) is 18.4. The van der Waals surface area contributed by atoms with Gasteiger partial charge in [-0.3, -0.25) is 0 Å². The van der Waals surface area contributed by atoms with Crippen LogP contribution >= 0.6 is 0 Å². The predicted molar refractivity (Wildman–Crippen MR) is 136 cm³/mol. The smallest absolute Gasteiger partial charge is 0.504 e. The van der Waals surface area contributed by atoms with E-state index in [1.54, 1.807) is 0 Å². The van der Waals surface area contributed by atoms with Crippen LogP contribution in [0.1, 0.15) is 0 Å². The largest absolute Gasteiger partial charge is 0.538 e. The molecule has 5 heteroatoms. The summed E-state index contributed by atoms with van der Waals surface area (Å²) >= 11 is 0. The van der Waals surface area contributed by atoms with Crippen LogP contribution in [-0.2, 0) is 0 Å². The van der Waals surface area contributed by atoms with Crippen molar-refractivity contribution < 1.29 is 14.1 Å². The third-order valence-electron chi connectivity index (χ3n) is 6.48. The summed E-state index contributed by atoms with van der Waals surface area (Å²) in [6.45, 7) is 0. The normalized spacial score (nSPS) is 11.8. The number of para-hydroxylation sites is 3. The zero-order valence-corrected chi connectivity index (χ0v) is 17.7. The standard InChI is InChI=1S/C28H18BNO3/c31-29-33-25-16-23-26(20-11-4-6-12-22(20)30(23)17-8-2-1-3-9-17)27-21(25)15-14-19-18-10-5-7-13-24(18)32-28(19)27/h1-16,29,31H. The molecule has 2 aromatic heterocycles. The highest BCUT2D eigenvalue weighted by Crippen LogP contribution is 2.45. The Morgan fingerprint density at radius 2 is 1.39 bits per heavy atom. The molecule has 0 radical (unpaired) electrons. The van der Waals surface area contributed by atoms with E-state index in [-0.39, 0.29) is 0 Å². The summed E-state index contributed by atoms with van der Waals surface area (Å²) in [5, 5.41) is 16.0. The lowest BCUT2D eigenvalue weighted by atomic mass is 9.99. The molecule has 7 aromatic rings. The van der Waals surface area contributed by atoms with Crippen molar-refractivity contribution in [1.29, 1.82) is 0 Å². The Bertz CT molecular complexity index is 1830. The molecule has 2 heterocycles. The van der Waals surface area contributed by atoms with Gasteiger partial charge in [0.15, 0.2) is 0 Å². The molecule has 0 aliphatic rings. The lowest BCUT2D eigenvalue weighted by molar-refractivity contribution is 0.457. The molecule has 0 aliphatic carbocycles. The number of furan rings is 1. The van der Waals surface area contributed by atoms with E-state index in [1.165, 1.54) is 0 Å². The summed E-state index contributed by atoms with van der Waals surface area (Å²) in [6, 6.07) is 33.0. The molecule has 5 aromatic carbocycles. The van der Waals surface area contributed by atoms with Gasteiger partial charge in [0, 0.05) is 44.1 Å². The second-order valence-electron chi connectivity index (χ2n) is 8.19. The molecule has 0 bridgehead atoms. The van der Waals surface area contributed by atoms with Crippen molar-refractivity contribution in [2.24, 2.45) is 0 Å². The molecule has 1 N–H and O–H groups in total. The number of hydrogen-bond donors (Lipinski definition) is 1. The van der Waals surface area contributed by atoms with Crippen molar-refractivity contribution in [2.45, 2.75) is 0 Å². The SMILES string of the molecule is OBOc1cc2c(c3ccccc3n2-c2ccccc2)c2c1ccc1c3ccccc3oc12. The van der Waals surface area contributed by atoms with Gasteiger partial charge in [0.25, 0.3) is 0 Å². The highest BCUT2D eigenvalue weighted by molar-refractivity contribution is 6.31. The molecule has 33 heavy (non-hydrogen) atoms. The molecular formula is C28H18BNO3. The maximum absolute atomic E-state index is 9.65. The Morgan fingerprint density at radius 3 is 2.24 bits per heavy atom. The van der Waals surface area contributed by atoms with E-state index >= 15 is 0 Å². The Hall–Kier alpha value is -4.22. The number of benzene rings is 5. The van der Waals surface area contributed by atoms with Crippen molar-refractivity contribution in [3.05, 3.63) is 97.1 Å². The minimum atomic E-state index is -0.398. The van der Waals surface area contributed by atoms with Crippen LogP contribution in [0.25, 0.3) is 60.2 Å². The molecule has 156 valence electrons. The van der Waals surface area contributed by atoms with Crippen LogP contribution in [0.3, 0.4) is 0 Å². The molecule has 0 saturated carbocycles. The fourth-order valence-electron chi connectivity index (χ4n) is 5.15. The number of rotatable bonds is 3. The summed E-state index contributed by atoms with van der Waals surface area (Å²) in [4.78, 5) is 0. The lowest BCUT2D eigenvalue weighted by Crippen LogP contribution is -2.01. The summed E-state index contributed by atoms with van der Waals surface area (Å²) < 4.78 is 14.4. The minimum Gasteiger partial charge on any atom is -0.538 e. The van der Waals surface area contributed by atoms with Crippen molar-refractivity contribution in [1.82, 2.24) is 4.57 Å². The fraction of sp³-hybridized carbons (Fsp3) is 0. The molecule has 0 unspecified atom stereocenters. The van der Waals surface area contributed by atoms with E-state index in [0.717, 1.165) is 60.2 Å². The average molecular weight is 427 g/mol. The van der Waals surface area contributed by atoms with E-state index in [0.29, 0.717) is 5.75 Å². The van der Waals surface area contributed by atoms with Crippen molar-refractivity contribution in [3.63, 3.8) is 0 Å². The van der Waals surface area contributed by atoms with Crippen LogP contribution in [-0.4, -0.2) is 17.3 Å². The van der Waals surface area contributed by atoms with Crippen molar-refractivity contribution >= 4 is 62.2 Å². The van der Waals surface area contributed by atoms with Gasteiger partial charge in [-0.2, -0.15) is 0 Å². The second-order valence-corrected chi connectivity index (χ2v) is 8.19. The topological polar surface area (TPSA) is 47.5 Å². The van der Waals surface area contributed by atoms with Crippen molar-refractivity contribution in [2.75, 3.05) is 0 Å². The summed E-state index contributed by atoms with van der Waals surface area (Å²) in [6.07, 6.45) is 0. The fourth-order valence-corrected chi connectivity index (χ4v) is 5.15. The van der Waals surface area contributed by atoms with Gasteiger partial charge in [-0.25, -0.2) is 0 Å². The highest BCUT2D eigenvalue weighted by atomic mass is 16.5. The molecule has 0 aliphatic heterocycles. The maximum Gasteiger partial charge on any atom is 0.504 e. The summed E-state index contributed by atoms with van der Waals surface area (Å²) in [5.74, 6) is 0.627. The predicted octanol–water partition coefficient (Wildman–Crippen LogP) is 6.47. The zero-order chi connectivity index (χ0) is 21.9. The molecule has 0 saturated heterocycles. The Morgan fingerprint density at radius 1 is 0.667 bits per heavy atom. The number of fused-ring (bicyclic) bond motifs is 9. The van der Waals surface area contributed by atoms with E-state index in [9.17, 15) is 5.02 Å². The Kier molecular flexibility index (Phi) is 3.83. The summed E-state index contributed by atoms with van der Waals surface area (Å²) in [5.41, 5.74) is 4.86. The second kappa shape index (κ2) is 6.89. The molecule has 0 spiro atoms. The average Bonchev–Trinajstić information content (AvgIpc) is 3.40.